The van der Waals surface area contributed by atoms with Crippen LogP contribution in [-0.2, 0) is 0 Å². The standard InChI is InChI=1S/C16H18N2O4/c19-14(17-10-16(21)7-1-2-8-16)11-5-6-12(18-15(11)20)13-4-3-9-22-13/h3-6,9,21H,1-2,7-8,10H2,(H,17,19)(H,18,20). The molecule has 22 heavy (non-hydrogen) atoms. The number of carbonyl (C=O) groups excluding carboxylic acids is 1. The van der Waals surface area contributed by atoms with Crippen LogP contribution in [0.15, 0.2) is 39.7 Å². The van der Waals surface area contributed by atoms with E-state index >= 15 is 0 Å². The van der Waals surface area contributed by atoms with Crippen LogP contribution in [0.4, 0.5) is 0 Å². The Morgan fingerprint density at radius 2 is 2.09 bits per heavy atom. The molecule has 116 valence electrons. The van der Waals surface area contributed by atoms with Gasteiger partial charge in [0.1, 0.15) is 11.3 Å². The molecule has 1 fully saturated rings. The lowest BCUT2D eigenvalue weighted by Crippen LogP contribution is -2.42. The first-order chi connectivity index (χ1) is 10.6. The average Bonchev–Trinajstić information content (AvgIpc) is 3.17. The molecule has 0 aliphatic heterocycles. The van der Waals surface area contributed by atoms with E-state index in [1.165, 1.54) is 12.3 Å². The van der Waals surface area contributed by atoms with Gasteiger partial charge < -0.3 is 19.8 Å². The van der Waals surface area contributed by atoms with Crippen molar-refractivity contribution in [2.45, 2.75) is 31.3 Å². The van der Waals surface area contributed by atoms with E-state index in [1.807, 2.05) is 0 Å². The summed E-state index contributed by atoms with van der Waals surface area (Å²) in [5.41, 5.74) is -0.779. The van der Waals surface area contributed by atoms with Crippen molar-refractivity contribution in [2.24, 2.45) is 0 Å². The lowest BCUT2D eigenvalue weighted by Gasteiger charge is -2.22. The number of H-pyrrole nitrogens is 1. The summed E-state index contributed by atoms with van der Waals surface area (Å²) < 4.78 is 5.20. The maximum absolute atomic E-state index is 12.1. The number of aromatic amines is 1. The van der Waals surface area contributed by atoms with Gasteiger partial charge in [-0.1, -0.05) is 12.8 Å². The molecular formula is C16H18N2O4. The van der Waals surface area contributed by atoms with Crippen LogP contribution in [0.25, 0.3) is 11.5 Å². The fraction of sp³-hybridized carbons (Fsp3) is 0.375. The van der Waals surface area contributed by atoms with Gasteiger partial charge in [-0.05, 0) is 37.1 Å². The second-order valence-corrected chi connectivity index (χ2v) is 5.71. The molecule has 6 heteroatoms. The number of hydrogen-bond donors (Lipinski definition) is 3. The highest BCUT2D eigenvalue weighted by Gasteiger charge is 2.31. The zero-order chi connectivity index (χ0) is 15.6. The topological polar surface area (TPSA) is 95.3 Å². The average molecular weight is 302 g/mol. The molecule has 0 spiro atoms. The molecule has 2 heterocycles. The van der Waals surface area contributed by atoms with Crippen molar-refractivity contribution >= 4 is 5.91 Å². The molecule has 0 atom stereocenters. The highest BCUT2D eigenvalue weighted by atomic mass is 16.3. The van der Waals surface area contributed by atoms with Crippen LogP contribution in [0.2, 0.25) is 0 Å². The molecular weight excluding hydrogens is 284 g/mol. The summed E-state index contributed by atoms with van der Waals surface area (Å²) in [7, 11) is 0. The van der Waals surface area contributed by atoms with Crippen molar-refractivity contribution in [3.8, 4) is 11.5 Å². The fourth-order valence-electron chi connectivity index (χ4n) is 2.78. The van der Waals surface area contributed by atoms with E-state index in [9.17, 15) is 14.7 Å². The van der Waals surface area contributed by atoms with Gasteiger partial charge in [0.15, 0.2) is 0 Å². The van der Waals surface area contributed by atoms with Crippen molar-refractivity contribution in [3.05, 3.63) is 46.4 Å². The minimum atomic E-state index is -0.837. The smallest absolute Gasteiger partial charge is 0.261 e. The Bertz CT molecular complexity index is 712. The van der Waals surface area contributed by atoms with Crippen LogP contribution >= 0.6 is 0 Å². The van der Waals surface area contributed by atoms with Gasteiger partial charge in [-0.2, -0.15) is 0 Å². The molecule has 3 N–H and O–H groups in total. The third-order valence-corrected chi connectivity index (χ3v) is 4.05. The molecule has 3 rings (SSSR count). The van der Waals surface area contributed by atoms with Gasteiger partial charge in [-0.15, -0.1) is 0 Å². The normalized spacial score (nSPS) is 16.6. The van der Waals surface area contributed by atoms with Crippen LogP contribution in [0.3, 0.4) is 0 Å². The lowest BCUT2D eigenvalue weighted by atomic mass is 10.0. The molecule has 2 aromatic heterocycles. The molecule has 1 aliphatic rings. The highest BCUT2D eigenvalue weighted by Crippen LogP contribution is 2.28. The summed E-state index contributed by atoms with van der Waals surface area (Å²) in [6.07, 6.45) is 4.80. The number of aromatic nitrogens is 1. The van der Waals surface area contributed by atoms with Crippen molar-refractivity contribution in [1.82, 2.24) is 10.3 Å². The van der Waals surface area contributed by atoms with Crippen LogP contribution in [0.5, 0.6) is 0 Å². The van der Waals surface area contributed by atoms with E-state index in [0.717, 1.165) is 12.8 Å². The van der Waals surface area contributed by atoms with Gasteiger partial charge in [-0.25, -0.2) is 0 Å². The largest absolute Gasteiger partial charge is 0.463 e. The lowest BCUT2D eigenvalue weighted by molar-refractivity contribution is 0.0449. The Kier molecular flexibility index (Phi) is 3.85. The maximum Gasteiger partial charge on any atom is 0.261 e. The summed E-state index contributed by atoms with van der Waals surface area (Å²) in [5, 5.41) is 12.9. The van der Waals surface area contributed by atoms with Crippen LogP contribution in [-0.4, -0.2) is 28.1 Å². The second-order valence-electron chi connectivity index (χ2n) is 5.71. The first-order valence-electron chi connectivity index (χ1n) is 7.35. The Labute approximate surface area is 127 Å². The summed E-state index contributed by atoms with van der Waals surface area (Å²) in [6.45, 7) is 0.172. The summed E-state index contributed by atoms with van der Waals surface area (Å²) >= 11 is 0. The Morgan fingerprint density at radius 3 is 2.73 bits per heavy atom. The third-order valence-electron chi connectivity index (χ3n) is 4.05. The highest BCUT2D eigenvalue weighted by molar-refractivity contribution is 5.94. The first-order valence-corrected chi connectivity index (χ1v) is 7.35. The number of furan rings is 1. The Morgan fingerprint density at radius 1 is 1.32 bits per heavy atom. The SMILES string of the molecule is O=C(NCC1(O)CCCC1)c1ccc(-c2ccco2)[nH]c1=O. The van der Waals surface area contributed by atoms with Crippen LogP contribution in [0, 0.1) is 0 Å². The zero-order valence-electron chi connectivity index (χ0n) is 12.1. The summed E-state index contributed by atoms with van der Waals surface area (Å²) in [6, 6.07) is 6.53. The maximum atomic E-state index is 12.1. The summed E-state index contributed by atoms with van der Waals surface area (Å²) in [4.78, 5) is 26.8. The minimum absolute atomic E-state index is 0.0249. The first kappa shape index (κ1) is 14.6. The predicted octanol–water partition coefficient (Wildman–Crippen LogP) is 1.67. The Hall–Kier alpha value is -2.34. The third kappa shape index (κ3) is 2.96. The molecule has 6 nitrogen and oxygen atoms in total. The van der Waals surface area contributed by atoms with E-state index in [4.69, 9.17) is 4.42 Å². The molecule has 0 aromatic carbocycles. The van der Waals surface area contributed by atoms with E-state index in [-0.39, 0.29) is 12.1 Å². The van der Waals surface area contributed by atoms with Gasteiger partial charge in [-0.3, -0.25) is 9.59 Å². The van der Waals surface area contributed by atoms with Crippen molar-refractivity contribution in [1.29, 1.82) is 0 Å². The van der Waals surface area contributed by atoms with Crippen molar-refractivity contribution in [2.75, 3.05) is 6.54 Å². The van der Waals surface area contributed by atoms with Crippen molar-refractivity contribution < 1.29 is 14.3 Å². The number of aliphatic hydroxyl groups is 1. The molecule has 0 unspecified atom stereocenters. The van der Waals surface area contributed by atoms with Crippen LogP contribution < -0.4 is 10.9 Å². The molecule has 0 bridgehead atoms. The molecule has 1 saturated carbocycles. The monoisotopic (exact) mass is 302 g/mol. The van der Waals surface area contributed by atoms with Crippen molar-refractivity contribution in [3.63, 3.8) is 0 Å². The Balaban J connectivity index is 1.71. The van der Waals surface area contributed by atoms with E-state index in [1.54, 1.807) is 18.2 Å². The van der Waals surface area contributed by atoms with Gasteiger partial charge >= 0.3 is 0 Å². The predicted molar refractivity (Wildman–Crippen MR) is 80.5 cm³/mol. The zero-order valence-corrected chi connectivity index (χ0v) is 12.1. The van der Waals surface area contributed by atoms with E-state index in [2.05, 4.69) is 10.3 Å². The number of hydrogen-bond acceptors (Lipinski definition) is 4. The van der Waals surface area contributed by atoms with E-state index in [0.29, 0.717) is 24.3 Å². The molecule has 0 saturated heterocycles. The number of nitrogens with one attached hydrogen (secondary N) is 2. The van der Waals surface area contributed by atoms with Gasteiger partial charge in [0.25, 0.3) is 11.5 Å². The minimum Gasteiger partial charge on any atom is -0.463 e. The number of carbonyl (C=O) groups is 1. The van der Waals surface area contributed by atoms with Crippen LogP contribution in [0.1, 0.15) is 36.0 Å². The number of pyridine rings is 1. The molecule has 1 aliphatic carbocycles. The molecule has 0 radical (unpaired) electrons. The molecule has 1 amide bonds. The fourth-order valence-corrected chi connectivity index (χ4v) is 2.78. The van der Waals surface area contributed by atoms with Gasteiger partial charge in [0.2, 0.25) is 0 Å². The number of rotatable bonds is 4. The number of amides is 1. The van der Waals surface area contributed by atoms with Gasteiger partial charge in [0, 0.05) is 6.54 Å². The second kappa shape index (κ2) is 5.81. The van der Waals surface area contributed by atoms with Gasteiger partial charge in [0.05, 0.1) is 17.6 Å². The molecule has 2 aromatic rings. The van der Waals surface area contributed by atoms with E-state index < -0.39 is 17.1 Å². The quantitative estimate of drug-likeness (QED) is 0.800. The summed E-state index contributed by atoms with van der Waals surface area (Å²) in [5.74, 6) is 0.0527.